The first kappa shape index (κ1) is 16.2. The summed E-state index contributed by atoms with van der Waals surface area (Å²) in [4.78, 5) is 4.83. The standard InChI is InChI=1S/C20H25N2O/c1-17(23)16-21-12-14-22(15-13-21)20(18-8-4-2-5-9-18)19-10-6-3-7-11-19/h2-11,17,20,23H,1,12-16H2. The number of aliphatic hydroxyl groups excluding tert-OH is 1. The smallest absolute Gasteiger partial charge is 0.0668 e. The third-order valence-electron chi connectivity index (χ3n) is 4.47. The molecule has 23 heavy (non-hydrogen) atoms. The molecule has 0 spiro atoms. The minimum Gasteiger partial charge on any atom is -0.392 e. The van der Waals surface area contributed by atoms with Gasteiger partial charge >= 0.3 is 0 Å². The van der Waals surface area contributed by atoms with E-state index in [1.807, 2.05) is 0 Å². The molecule has 0 aliphatic carbocycles. The molecule has 3 nitrogen and oxygen atoms in total. The number of rotatable bonds is 5. The van der Waals surface area contributed by atoms with Gasteiger partial charge in [-0.3, -0.25) is 9.80 Å². The number of hydrogen-bond acceptors (Lipinski definition) is 3. The topological polar surface area (TPSA) is 26.7 Å². The summed E-state index contributed by atoms with van der Waals surface area (Å²) in [5.74, 6) is 0. The maximum Gasteiger partial charge on any atom is 0.0668 e. The summed E-state index contributed by atoms with van der Waals surface area (Å²) in [6.07, 6.45) is -0.499. The van der Waals surface area contributed by atoms with Gasteiger partial charge in [0, 0.05) is 32.7 Å². The van der Waals surface area contributed by atoms with E-state index >= 15 is 0 Å². The van der Waals surface area contributed by atoms with Gasteiger partial charge in [-0.1, -0.05) is 60.7 Å². The van der Waals surface area contributed by atoms with Crippen LogP contribution in [0.1, 0.15) is 17.2 Å². The minimum atomic E-state index is -0.499. The van der Waals surface area contributed by atoms with E-state index in [-0.39, 0.29) is 0 Å². The Morgan fingerprint density at radius 2 is 1.30 bits per heavy atom. The van der Waals surface area contributed by atoms with Crippen LogP contribution < -0.4 is 0 Å². The van der Waals surface area contributed by atoms with Crippen molar-refractivity contribution in [2.75, 3.05) is 32.7 Å². The lowest BCUT2D eigenvalue weighted by atomic mass is 9.96. The van der Waals surface area contributed by atoms with Gasteiger partial charge in [0.2, 0.25) is 0 Å². The van der Waals surface area contributed by atoms with Gasteiger partial charge in [-0.2, -0.15) is 0 Å². The van der Waals surface area contributed by atoms with E-state index in [0.717, 1.165) is 26.2 Å². The maximum absolute atomic E-state index is 9.47. The van der Waals surface area contributed by atoms with Crippen LogP contribution in [0.5, 0.6) is 0 Å². The monoisotopic (exact) mass is 309 g/mol. The summed E-state index contributed by atoms with van der Waals surface area (Å²) in [5.41, 5.74) is 2.67. The van der Waals surface area contributed by atoms with E-state index in [0.29, 0.717) is 12.6 Å². The Hall–Kier alpha value is -1.68. The van der Waals surface area contributed by atoms with Crippen LogP contribution in [0.15, 0.2) is 60.7 Å². The lowest BCUT2D eigenvalue weighted by Crippen LogP contribution is -2.49. The highest BCUT2D eigenvalue weighted by Crippen LogP contribution is 2.29. The average Bonchev–Trinajstić information content (AvgIpc) is 2.58. The van der Waals surface area contributed by atoms with Crippen LogP contribution in [0.2, 0.25) is 0 Å². The third-order valence-corrected chi connectivity index (χ3v) is 4.47. The summed E-state index contributed by atoms with van der Waals surface area (Å²) in [6.45, 7) is 8.30. The van der Waals surface area contributed by atoms with Crippen LogP contribution in [-0.4, -0.2) is 53.7 Å². The zero-order valence-corrected chi connectivity index (χ0v) is 13.5. The molecule has 1 N–H and O–H groups in total. The molecule has 121 valence electrons. The van der Waals surface area contributed by atoms with Crippen LogP contribution in [0.3, 0.4) is 0 Å². The number of nitrogens with zero attached hydrogens (tertiary/aromatic N) is 2. The Kier molecular flexibility index (Phi) is 5.44. The van der Waals surface area contributed by atoms with Crippen molar-refractivity contribution in [2.45, 2.75) is 12.1 Å². The second kappa shape index (κ2) is 7.73. The molecule has 1 atom stereocenters. The van der Waals surface area contributed by atoms with Crippen LogP contribution in [0.4, 0.5) is 0 Å². The Morgan fingerprint density at radius 3 is 1.74 bits per heavy atom. The molecule has 1 aliphatic rings. The third kappa shape index (κ3) is 4.20. The summed E-state index contributed by atoms with van der Waals surface area (Å²) in [6, 6.07) is 21.7. The Labute approximate surface area is 139 Å². The lowest BCUT2D eigenvalue weighted by Gasteiger charge is -2.40. The van der Waals surface area contributed by atoms with Crippen molar-refractivity contribution in [1.82, 2.24) is 9.80 Å². The number of hydrogen-bond donors (Lipinski definition) is 1. The highest BCUT2D eigenvalue weighted by atomic mass is 16.3. The predicted molar refractivity (Wildman–Crippen MR) is 94.1 cm³/mol. The van der Waals surface area contributed by atoms with Crippen molar-refractivity contribution in [3.8, 4) is 0 Å². The van der Waals surface area contributed by atoms with Gasteiger partial charge in [-0.15, -0.1) is 0 Å². The largest absolute Gasteiger partial charge is 0.392 e. The fraction of sp³-hybridized carbons (Fsp3) is 0.350. The van der Waals surface area contributed by atoms with Crippen molar-refractivity contribution >= 4 is 0 Å². The van der Waals surface area contributed by atoms with Gasteiger partial charge in [0.15, 0.2) is 0 Å². The van der Waals surface area contributed by atoms with Crippen LogP contribution in [0, 0.1) is 6.92 Å². The molecule has 1 fully saturated rings. The average molecular weight is 309 g/mol. The maximum atomic E-state index is 9.47. The second-order valence-corrected chi connectivity index (χ2v) is 6.21. The fourth-order valence-corrected chi connectivity index (χ4v) is 3.39. The Morgan fingerprint density at radius 1 is 0.826 bits per heavy atom. The SMILES string of the molecule is [CH2]C(O)CN1CCN(C(c2ccccc2)c2ccccc2)CC1. The molecule has 0 aromatic heterocycles. The summed E-state index contributed by atoms with van der Waals surface area (Å²) >= 11 is 0. The normalized spacial score (nSPS) is 18.2. The zero-order valence-electron chi connectivity index (χ0n) is 13.5. The zero-order chi connectivity index (χ0) is 16.1. The van der Waals surface area contributed by atoms with Gasteiger partial charge in [0.05, 0.1) is 12.1 Å². The van der Waals surface area contributed by atoms with Gasteiger partial charge in [0.1, 0.15) is 0 Å². The molecule has 1 unspecified atom stereocenters. The molecular formula is C20H25N2O. The van der Waals surface area contributed by atoms with E-state index < -0.39 is 6.10 Å². The van der Waals surface area contributed by atoms with Crippen LogP contribution in [0.25, 0.3) is 0 Å². The van der Waals surface area contributed by atoms with E-state index in [2.05, 4.69) is 77.4 Å². The highest BCUT2D eigenvalue weighted by molar-refractivity contribution is 5.31. The molecule has 1 aliphatic heterocycles. The molecule has 3 heteroatoms. The number of benzene rings is 2. The second-order valence-electron chi connectivity index (χ2n) is 6.21. The summed E-state index contributed by atoms with van der Waals surface area (Å²) < 4.78 is 0. The van der Waals surface area contributed by atoms with Crippen molar-refractivity contribution in [3.63, 3.8) is 0 Å². The Balaban J connectivity index is 1.78. The van der Waals surface area contributed by atoms with Crippen LogP contribution >= 0.6 is 0 Å². The molecule has 0 saturated carbocycles. The van der Waals surface area contributed by atoms with Gasteiger partial charge < -0.3 is 5.11 Å². The first-order valence-corrected chi connectivity index (χ1v) is 8.31. The van der Waals surface area contributed by atoms with Gasteiger partial charge in [-0.05, 0) is 18.1 Å². The van der Waals surface area contributed by atoms with E-state index in [1.54, 1.807) is 0 Å². The molecule has 2 aromatic carbocycles. The first-order chi connectivity index (χ1) is 11.2. The van der Waals surface area contributed by atoms with E-state index in [9.17, 15) is 5.11 Å². The number of aliphatic hydroxyl groups is 1. The molecule has 0 amide bonds. The molecule has 1 saturated heterocycles. The molecule has 1 heterocycles. The lowest BCUT2D eigenvalue weighted by molar-refractivity contribution is 0.0770. The molecule has 1 radical (unpaired) electrons. The van der Waals surface area contributed by atoms with Gasteiger partial charge in [0.25, 0.3) is 0 Å². The van der Waals surface area contributed by atoms with Crippen molar-refractivity contribution in [1.29, 1.82) is 0 Å². The molecule has 0 bridgehead atoms. The number of β-amino-alcohol motifs (C(OH)–C–C–N with tert-alkyl or cyclic N) is 1. The van der Waals surface area contributed by atoms with Crippen molar-refractivity contribution in [3.05, 3.63) is 78.7 Å². The first-order valence-electron chi connectivity index (χ1n) is 8.31. The molecule has 2 aromatic rings. The minimum absolute atomic E-state index is 0.296. The molecule has 3 rings (SSSR count). The Bertz CT molecular complexity index is 538. The van der Waals surface area contributed by atoms with E-state index in [1.165, 1.54) is 11.1 Å². The van der Waals surface area contributed by atoms with Crippen molar-refractivity contribution < 1.29 is 5.11 Å². The van der Waals surface area contributed by atoms with E-state index in [4.69, 9.17) is 0 Å². The highest BCUT2D eigenvalue weighted by Gasteiger charge is 2.26. The summed E-state index contributed by atoms with van der Waals surface area (Å²) in [7, 11) is 0. The quantitative estimate of drug-likeness (QED) is 0.919. The van der Waals surface area contributed by atoms with Crippen molar-refractivity contribution in [2.24, 2.45) is 0 Å². The van der Waals surface area contributed by atoms with Crippen LogP contribution in [-0.2, 0) is 0 Å². The number of piperazine rings is 1. The molecular weight excluding hydrogens is 284 g/mol. The predicted octanol–water partition coefficient (Wildman–Crippen LogP) is 2.59. The fourth-order valence-electron chi connectivity index (χ4n) is 3.39. The van der Waals surface area contributed by atoms with Gasteiger partial charge in [-0.25, -0.2) is 0 Å². The summed E-state index contributed by atoms with van der Waals surface area (Å²) in [5, 5.41) is 9.47.